The highest BCUT2D eigenvalue weighted by molar-refractivity contribution is 9.10. The van der Waals surface area contributed by atoms with Gasteiger partial charge in [-0.2, -0.15) is 0 Å². The summed E-state index contributed by atoms with van der Waals surface area (Å²) in [4.78, 5) is 0. The Morgan fingerprint density at radius 3 is 2.43 bits per heavy atom. The zero-order valence-electron chi connectivity index (χ0n) is 11.8. The molecule has 0 radical (unpaired) electrons. The van der Waals surface area contributed by atoms with Crippen molar-refractivity contribution in [2.75, 3.05) is 11.9 Å². The molecule has 0 aliphatic rings. The molecule has 0 heterocycles. The van der Waals surface area contributed by atoms with E-state index in [-0.39, 0.29) is 16.2 Å². The average molecular weight is 356 g/mol. The second-order valence-electron chi connectivity index (χ2n) is 4.61. The molecule has 112 valence electrons. The van der Waals surface area contributed by atoms with Crippen LogP contribution in [0.25, 0.3) is 0 Å². The van der Waals surface area contributed by atoms with Crippen molar-refractivity contribution in [2.24, 2.45) is 0 Å². The van der Waals surface area contributed by atoms with E-state index in [4.69, 9.17) is 4.74 Å². The van der Waals surface area contributed by atoms with Gasteiger partial charge in [0.25, 0.3) is 0 Å². The third kappa shape index (κ3) is 3.94. The average Bonchev–Trinajstić information content (AvgIpc) is 2.46. The lowest BCUT2D eigenvalue weighted by molar-refractivity contribution is 0.340. The van der Waals surface area contributed by atoms with Gasteiger partial charge in [0.1, 0.15) is 17.4 Å². The number of rotatable bonds is 5. The summed E-state index contributed by atoms with van der Waals surface area (Å²) in [5.74, 6) is -0.215. The minimum Gasteiger partial charge on any atom is -0.494 e. The Balaban J connectivity index is 2.14. The van der Waals surface area contributed by atoms with Crippen LogP contribution in [-0.2, 0) is 0 Å². The fourth-order valence-electron chi connectivity index (χ4n) is 1.97. The molecule has 0 aliphatic heterocycles. The van der Waals surface area contributed by atoms with Crippen molar-refractivity contribution in [3.63, 3.8) is 0 Å². The highest BCUT2D eigenvalue weighted by Crippen LogP contribution is 2.27. The first-order valence-corrected chi connectivity index (χ1v) is 7.44. The number of hydrogen-bond donors (Lipinski definition) is 1. The second kappa shape index (κ2) is 6.89. The Morgan fingerprint density at radius 2 is 1.81 bits per heavy atom. The Hall–Kier alpha value is -1.62. The van der Waals surface area contributed by atoms with E-state index in [0.29, 0.717) is 6.61 Å². The molecule has 1 N–H and O–H groups in total. The summed E-state index contributed by atoms with van der Waals surface area (Å²) < 4.78 is 32.8. The molecule has 0 amide bonds. The van der Waals surface area contributed by atoms with Crippen LogP contribution in [0.15, 0.2) is 40.9 Å². The highest BCUT2D eigenvalue weighted by atomic mass is 79.9. The molecule has 2 nitrogen and oxygen atoms in total. The summed E-state index contributed by atoms with van der Waals surface area (Å²) >= 11 is 2.96. The lowest BCUT2D eigenvalue weighted by atomic mass is 10.1. The summed E-state index contributed by atoms with van der Waals surface area (Å²) in [6.07, 6.45) is 0. The first-order chi connectivity index (χ1) is 10.0. The van der Waals surface area contributed by atoms with Gasteiger partial charge >= 0.3 is 0 Å². The molecule has 0 aromatic heterocycles. The molecule has 2 aromatic rings. The van der Waals surface area contributed by atoms with Crippen molar-refractivity contribution < 1.29 is 13.5 Å². The van der Waals surface area contributed by atoms with Gasteiger partial charge in [-0.15, -0.1) is 0 Å². The SMILES string of the molecule is CCOc1ccc(C(C)Nc2cc(F)c(Br)cc2F)cc1. The fraction of sp³-hybridized carbons (Fsp3) is 0.250. The van der Waals surface area contributed by atoms with Crippen molar-refractivity contribution in [2.45, 2.75) is 19.9 Å². The molecular formula is C16H16BrF2NO. The number of halogens is 3. The van der Waals surface area contributed by atoms with Gasteiger partial charge in [0.2, 0.25) is 0 Å². The molecule has 0 bridgehead atoms. The lowest BCUT2D eigenvalue weighted by Gasteiger charge is -2.17. The van der Waals surface area contributed by atoms with Gasteiger partial charge < -0.3 is 10.1 Å². The first kappa shape index (κ1) is 15.8. The van der Waals surface area contributed by atoms with E-state index < -0.39 is 11.6 Å². The van der Waals surface area contributed by atoms with Gasteiger partial charge in [0.15, 0.2) is 0 Å². The van der Waals surface area contributed by atoms with E-state index in [1.54, 1.807) is 0 Å². The third-order valence-electron chi connectivity index (χ3n) is 3.07. The summed E-state index contributed by atoms with van der Waals surface area (Å²) in [5, 5.41) is 2.97. The molecule has 1 atom stereocenters. The Labute approximate surface area is 131 Å². The third-order valence-corrected chi connectivity index (χ3v) is 3.68. The quantitative estimate of drug-likeness (QED) is 0.734. The fourth-order valence-corrected chi connectivity index (χ4v) is 2.28. The van der Waals surface area contributed by atoms with E-state index in [9.17, 15) is 8.78 Å². The summed E-state index contributed by atoms with van der Waals surface area (Å²) in [5.41, 5.74) is 1.10. The van der Waals surface area contributed by atoms with E-state index in [1.165, 1.54) is 0 Å². The monoisotopic (exact) mass is 355 g/mol. The smallest absolute Gasteiger partial charge is 0.147 e. The van der Waals surface area contributed by atoms with Gasteiger partial charge in [-0.1, -0.05) is 12.1 Å². The molecule has 1 unspecified atom stereocenters. The van der Waals surface area contributed by atoms with Crippen LogP contribution in [0.1, 0.15) is 25.5 Å². The second-order valence-corrected chi connectivity index (χ2v) is 5.47. The number of ether oxygens (including phenoxy) is 1. The largest absolute Gasteiger partial charge is 0.494 e. The molecule has 2 rings (SSSR count). The van der Waals surface area contributed by atoms with Crippen LogP contribution in [0.3, 0.4) is 0 Å². The number of anilines is 1. The van der Waals surface area contributed by atoms with Gasteiger partial charge in [-0.05, 0) is 53.5 Å². The zero-order chi connectivity index (χ0) is 15.4. The first-order valence-electron chi connectivity index (χ1n) is 6.65. The van der Waals surface area contributed by atoms with Crippen LogP contribution in [0, 0.1) is 11.6 Å². The Morgan fingerprint density at radius 1 is 1.14 bits per heavy atom. The van der Waals surface area contributed by atoms with Crippen LogP contribution in [-0.4, -0.2) is 6.61 Å². The number of nitrogens with one attached hydrogen (secondary N) is 1. The van der Waals surface area contributed by atoms with Crippen molar-refractivity contribution in [1.82, 2.24) is 0 Å². The van der Waals surface area contributed by atoms with Crippen molar-refractivity contribution in [3.8, 4) is 5.75 Å². The van der Waals surface area contributed by atoms with E-state index in [2.05, 4.69) is 21.2 Å². The molecule has 0 aliphatic carbocycles. The molecule has 0 spiro atoms. The molecule has 5 heteroatoms. The van der Waals surface area contributed by atoms with Crippen LogP contribution < -0.4 is 10.1 Å². The van der Waals surface area contributed by atoms with Gasteiger partial charge in [0.05, 0.1) is 16.8 Å². The summed E-state index contributed by atoms with van der Waals surface area (Å²) in [6, 6.07) is 9.61. The van der Waals surface area contributed by atoms with Gasteiger partial charge in [0, 0.05) is 12.1 Å². The summed E-state index contributed by atoms with van der Waals surface area (Å²) in [6.45, 7) is 4.41. The normalized spacial score (nSPS) is 12.0. The molecule has 21 heavy (non-hydrogen) atoms. The zero-order valence-corrected chi connectivity index (χ0v) is 13.4. The lowest BCUT2D eigenvalue weighted by Crippen LogP contribution is -2.08. The molecular weight excluding hydrogens is 340 g/mol. The van der Waals surface area contributed by atoms with E-state index >= 15 is 0 Å². The van der Waals surface area contributed by atoms with E-state index in [1.807, 2.05) is 38.1 Å². The minimum atomic E-state index is -0.502. The van der Waals surface area contributed by atoms with Crippen LogP contribution >= 0.6 is 15.9 Å². The molecule has 0 saturated heterocycles. The van der Waals surface area contributed by atoms with Gasteiger partial charge in [-0.25, -0.2) is 8.78 Å². The van der Waals surface area contributed by atoms with Crippen LogP contribution in [0.5, 0.6) is 5.75 Å². The number of benzene rings is 2. The predicted octanol–water partition coefficient (Wildman–Crippen LogP) is 5.30. The number of hydrogen-bond acceptors (Lipinski definition) is 2. The van der Waals surface area contributed by atoms with Crippen molar-refractivity contribution in [1.29, 1.82) is 0 Å². The van der Waals surface area contributed by atoms with Crippen LogP contribution in [0.2, 0.25) is 0 Å². The van der Waals surface area contributed by atoms with E-state index in [0.717, 1.165) is 23.4 Å². The molecule has 2 aromatic carbocycles. The maximum absolute atomic E-state index is 13.8. The topological polar surface area (TPSA) is 21.3 Å². The van der Waals surface area contributed by atoms with Gasteiger partial charge in [-0.3, -0.25) is 0 Å². The molecule has 0 fully saturated rings. The molecule has 0 saturated carbocycles. The predicted molar refractivity (Wildman–Crippen MR) is 83.7 cm³/mol. The van der Waals surface area contributed by atoms with Crippen molar-refractivity contribution >= 4 is 21.6 Å². The Kier molecular flexibility index (Phi) is 5.17. The maximum Gasteiger partial charge on any atom is 0.147 e. The van der Waals surface area contributed by atoms with Crippen LogP contribution in [0.4, 0.5) is 14.5 Å². The minimum absolute atomic E-state index is 0.110. The van der Waals surface area contributed by atoms with Crippen molar-refractivity contribution in [3.05, 3.63) is 58.1 Å². The highest BCUT2D eigenvalue weighted by Gasteiger charge is 2.12. The Bertz CT molecular complexity index is 616. The standard InChI is InChI=1S/C16H16BrF2NO/c1-3-21-12-6-4-11(5-7-12)10(2)20-16-9-14(18)13(17)8-15(16)19/h4-10,20H,3H2,1-2H3. The summed E-state index contributed by atoms with van der Waals surface area (Å²) in [7, 11) is 0. The maximum atomic E-state index is 13.8.